The van der Waals surface area contributed by atoms with E-state index in [1.165, 1.54) is 0 Å². The number of ether oxygens (including phenoxy) is 1. The minimum absolute atomic E-state index is 0.0228. The highest BCUT2D eigenvalue weighted by molar-refractivity contribution is 5.96. The number of rotatable bonds is 4. The zero-order valence-electron chi connectivity index (χ0n) is 16.4. The quantitative estimate of drug-likeness (QED) is 0.763. The number of urea groups is 1. The number of nitrogens with one attached hydrogen (secondary N) is 2. The molecule has 2 aromatic rings. The Morgan fingerprint density at radius 2 is 1.93 bits per heavy atom. The number of carbonyl (C=O) groups excluding carboxylic acids is 3. The van der Waals surface area contributed by atoms with Crippen molar-refractivity contribution in [2.45, 2.75) is 45.6 Å². The summed E-state index contributed by atoms with van der Waals surface area (Å²) in [4.78, 5) is 48.1. The lowest BCUT2D eigenvalue weighted by atomic mass is 9.86. The van der Waals surface area contributed by atoms with Crippen molar-refractivity contribution in [3.05, 3.63) is 45.8 Å². The van der Waals surface area contributed by atoms with Crippen LogP contribution in [0.5, 0.6) is 0 Å². The smallest absolute Gasteiger partial charge is 0.374 e. The van der Waals surface area contributed by atoms with E-state index in [2.05, 4.69) is 17.6 Å². The van der Waals surface area contributed by atoms with Crippen LogP contribution in [0.2, 0.25) is 0 Å². The van der Waals surface area contributed by atoms with Crippen LogP contribution in [0.15, 0.2) is 33.5 Å². The molecule has 1 aromatic heterocycles. The second-order valence-corrected chi connectivity index (χ2v) is 7.44. The summed E-state index contributed by atoms with van der Waals surface area (Å²) in [5.74, 6) is -1.68. The summed E-state index contributed by atoms with van der Waals surface area (Å²) in [6.45, 7) is 3.24. The standard InChI is InChI=1S/C21H24N2O6/c1-12-7-8-17-14(9-12)16(24)10-18(29-17)20(26)28-11-19(25)23-21(27)22-15-6-4-3-5-13(15)2/h7-10,13,15H,3-6,11H2,1-2H3,(H2,22,23,25,27)/t13-,15-/m1/s1. The van der Waals surface area contributed by atoms with Gasteiger partial charge in [-0.15, -0.1) is 0 Å². The van der Waals surface area contributed by atoms with E-state index >= 15 is 0 Å². The molecular weight excluding hydrogens is 376 g/mol. The van der Waals surface area contributed by atoms with Gasteiger partial charge in [-0.3, -0.25) is 14.9 Å². The molecule has 8 heteroatoms. The first-order chi connectivity index (χ1) is 13.8. The van der Waals surface area contributed by atoms with Crippen molar-refractivity contribution in [1.29, 1.82) is 0 Å². The molecule has 0 spiro atoms. The van der Waals surface area contributed by atoms with Gasteiger partial charge in [-0.25, -0.2) is 9.59 Å². The molecule has 1 aromatic carbocycles. The average molecular weight is 400 g/mol. The molecular formula is C21H24N2O6. The van der Waals surface area contributed by atoms with Crippen molar-refractivity contribution in [2.75, 3.05) is 6.61 Å². The molecule has 2 atom stereocenters. The topological polar surface area (TPSA) is 115 Å². The first kappa shape index (κ1) is 20.6. The van der Waals surface area contributed by atoms with Crippen LogP contribution >= 0.6 is 0 Å². The molecule has 0 bridgehead atoms. The van der Waals surface area contributed by atoms with Crippen LogP contribution in [0.4, 0.5) is 4.79 Å². The Morgan fingerprint density at radius 1 is 1.17 bits per heavy atom. The third-order valence-corrected chi connectivity index (χ3v) is 5.10. The molecule has 3 rings (SSSR count). The lowest BCUT2D eigenvalue weighted by molar-refractivity contribution is -0.123. The lowest BCUT2D eigenvalue weighted by Crippen LogP contribution is -2.48. The number of imide groups is 1. The largest absolute Gasteiger partial charge is 0.450 e. The van der Waals surface area contributed by atoms with E-state index in [1.807, 2.05) is 6.92 Å². The monoisotopic (exact) mass is 400 g/mol. The Bertz CT molecular complexity index is 996. The van der Waals surface area contributed by atoms with E-state index in [0.29, 0.717) is 11.3 Å². The van der Waals surface area contributed by atoms with Crippen LogP contribution in [0, 0.1) is 12.8 Å². The second-order valence-electron chi connectivity index (χ2n) is 7.44. The van der Waals surface area contributed by atoms with Crippen molar-refractivity contribution in [1.82, 2.24) is 10.6 Å². The second kappa shape index (κ2) is 8.89. The number of hydrogen-bond acceptors (Lipinski definition) is 6. The molecule has 0 radical (unpaired) electrons. The maximum Gasteiger partial charge on any atom is 0.374 e. The summed E-state index contributed by atoms with van der Waals surface area (Å²) in [5.41, 5.74) is 0.755. The van der Waals surface area contributed by atoms with Crippen molar-refractivity contribution in [3.63, 3.8) is 0 Å². The summed E-state index contributed by atoms with van der Waals surface area (Å²) in [7, 11) is 0. The zero-order valence-corrected chi connectivity index (χ0v) is 16.4. The minimum atomic E-state index is -0.957. The van der Waals surface area contributed by atoms with Crippen LogP contribution in [0.1, 0.15) is 48.7 Å². The van der Waals surface area contributed by atoms with Gasteiger partial charge in [-0.2, -0.15) is 0 Å². The Labute approximate surface area is 167 Å². The molecule has 1 heterocycles. The van der Waals surface area contributed by atoms with Gasteiger partial charge < -0.3 is 14.5 Å². The molecule has 0 aliphatic heterocycles. The highest BCUT2D eigenvalue weighted by Gasteiger charge is 2.23. The maximum absolute atomic E-state index is 12.2. The SMILES string of the molecule is Cc1ccc2oc(C(=O)OCC(=O)NC(=O)N[C@@H]3CCCC[C@H]3C)cc(=O)c2c1. The van der Waals surface area contributed by atoms with Gasteiger partial charge in [0.05, 0.1) is 5.39 Å². The molecule has 8 nitrogen and oxygen atoms in total. The normalized spacial score (nSPS) is 18.8. The van der Waals surface area contributed by atoms with Crippen molar-refractivity contribution >= 4 is 28.9 Å². The fourth-order valence-corrected chi connectivity index (χ4v) is 3.47. The first-order valence-corrected chi connectivity index (χ1v) is 9.65. The molecule has 29 heavy (non-hydrogen) atoms. The third kappa shape index (κ3) is 5.22. The van der Waals surface area contributed by atoms with Gasteiger partial charge in [0.15, 0.2) is 12.0 Å². The molecule has 1 aliphatic carbocycles. The van der Waals surface area contributed by atoms with Crippen molar-refractivity contribution in [3.8, 4) is 0 Å². The maximum atomic E-state index is 12.2. The highest BCUT2D eigenvalue weighted by Crippen LogP contribution is 2.23. The van der Waals surface area contributed by atoms with E-state index in [4.69, 9.17) is 9.15 Å². The number of carbonyl (C=O) groups is 3. The molecule has 0 unspecified atom stereocenters. The number of amides is 3. The fraction of sp³-hybridized carbons (Fsp3) is 0.429. The van der Waals surface area contributed by atoms with Crippen LogP contribution in [0.3, 0.4) is 0 Å². The fourth-order valence-electron chi connectivity index (χ4n) is 3.47. The summed E-state index contributed by atoms with van der Waals surface area (Å²) in [6, 6.07) is 5.44. The van der Waals surface area contributed by atoms with Gasteiger partial charge in [0.25, 0.3) is 5.91 Å². The highest BCUT2D eigenvalue weighted by atomic mass is 16.5. The van der Waals surface area contributed by atoms with Crippen LogP contribution in [-0.4, -0.2) is 30.6 Å². The first-order valence-electron chi connectivity index (χ1n) is 9.65. The van der Waals surface area contributed by atoms with Gasteiger partial charge in [0, 0.05) is 12.1 Å². The zero-order chi connectivity index (χ0) is 21.0. The Kier molecular flexibility index (Phi) is 6.31. The van der Waals surface area contributed by atoms with E-state index in [0.717, 1.165) is 37.3 Å². The van der Waals surface area contributed by atoms with E-state index in [9.17, 15) is 19.2 Å². The Morgan fingerprint density at radius 3 is 2.69 bits per heavy atom. The van der Waals surface area contributed by atoms with Crippen molar-refractivity contribution < 1.29 is 23.5 Å². The average Bonchev–Trinajstić information content (AvgIpc) is 2.68. The van der Waals surface area contributed by atoms with Gasteiger partial charge in [0.2, 0.25) is 5.76 Å². The Balaban J connectivity index is 1.54. The molecule has 3 amide bonds. The lowest BCUT2D eigenvalue weighted by Gasteiger charge is -2.29. The van der Waals surface area contributed by atoms with Crippen LogP contribution in [-0.2, 0) is 9.53 Å². The van der Waals surface area contributed by atoms with Crippen LogP contribution < -0.4 is 16.1 Å². The predicted octanol–water partition coefficient (Wildman–Crippen LogP) is 2.66. The summed E-state index contributed by atoms with van der Waals surface area (Å²) >= 11 is 0. The van der Waals surface area contributed by atoms with Gasteiger partial charge in [-0.05, 0) is 37.8 Å². The van der Waals surface area contributed by atoms with Crippen LogP contribution in [0.25, 0.3) is 11.0 Å². The Hall–Kier alpha value is -3.16. The van der Waals surface area contributed by atoms with E-state index < -0.39 is 24.5 Å². The van der Waals surface area contributed by atoms with Gasteiger partial charge in [0.1, 0.15) is 5.58 Å². The van der Waals surface area contributed by atoms with E-state index in [1.54, 1.807) is 18.2 Å². The molecule has 2 N–H and O–H groups in total. The summed E-state index contributed by atoms with van der Waals surface area (Å²) in [5, 5.41) is 5.28. The number of aryl methyl sites for hydroxylation is 1. The molecule has 1 saturated carbocycles. The molecule has 1 fully saturated rings. The van der Waals surface area contributed by atoms with Gasteiger partial charge in [-0.1, -0.05) is 31.4 Å². The summed E-state index contributed by atoms with van der Waals surface area (Å²) < 4.78 is 10.3. The van der Waals surface area contributed by atoms with Crippen molar-refractivity contribution in [2.24, 2.45) is 5.92 Å². The number of hydrogen-bond donors (Lipinski definition) is 2. The number of esters is 1. The minimum Gasteiger partial charge on any atom is -0.450 e. The summed E-state index contributed by atoms with van der Waals surface area (Å²) in [6.07, 6.45) is 4.09. The number of fused-ring (bicyclic) bond motifs is 1. The number of benzene rings is 1. The van der Waals surface area contributed by atoms with E-state index in [-0.39, 0.29) is 22.8 Å². The molecule has 1 aliphatic rings. The predicted molar refractivity (Wildman–Crippen MR) is 106 cm³/mol. The third-order valence-electron chi connectivity index (χ3n) is 5.10. The molecule has 154 valence electrons. The van der Waals surface area contributed by atoms with Gasteiger partial charge >= 0.3 is 12.0 Å². The molecule has 0 saturated heterocycles.